The fourth-order valence-electron chi connectivity index (χ4n) is 2.53. The Kier molecular flexibility index (Phi) is 4.72. The highest BCUT2D eigenvalue weighted by molar-refractivity contribution is 7.98. The molecule has 0 aliphatic rings. The molecular formula is C18H12Cl2N4OS. The molecule has 2 aromatic carbocycles. The van der Waals surface area contributed by atoms with Crippen molar-refractivity contribution in [3.05, 3.63) is 80.8 Å². The van der Waals surface area contributed by atoms with E-state index in [2.05, 4.69) is 15.1 Å². The molecule has 0 spiro atoms. The number of halogens is 2. The Balaban J connectivity index is 1.71. The Morgan fingerprint density at radius 2 is 1.85 bits per heavy atom. The molecule has 0 bridgehead atoms. The minimum Gasteiger partial charge on any atom is -0.285 e. The molecule has 0 atom stereocenters. The lowest BCUT2D eigenvalue weighted by atomic mass is 10.1. The summed E-state index contributed by atoms with van der Waals surface area (Å²) in [5, 5.41) is 5.98. The van der Waals surface area contributed by atoms with E-state index >= 15 is 0 Å². The van der Waals surface area contributed by atoms with E-state index in [1.807, 2.05) is 36.4 Å². The lowest BCUT2D eigenvalue weighted by Gasteiger charge is -2.04. The second kappa shape index (κ2) is 7.15. The van der Waals surface area contributed by atoms with Crippen LogP contribution in [0.4, 0.5) is 0 Å². The average molecular weight is 403 g/mol. The molecule has 0 amide bonds. The van der Waals surface area contributed by atoms with Gasteiger partial charge in [-0.3, -0.25) is 4.98 Å². The first-order valence-corrected chi connectivity index (χ1v) is 9.46. The van der Waals surface area contributed by atoms with Crippen molar-refractivity contribution in [2.75, 3.05) is 0 Å². The molecule has 5 nitrogen and oxygen atoms in total. The summed E-state index contributed by atoms with van der Waals surface area (Å²) < 4.78 is 1.25. The summed E-state index contributed by atoms with van der Waals surface area (Å²) in [4.78, 5) is 19.6. The number of hydrogen-bond donors (Lipinski definition) is 1. The molecule has 4 rings (SSSR count). The van der Waals surface area contributed by atoms with Crippen molar-refractivity contribution in [2.45, 2.75) is 10.9 Å². The van der Waals surface area contributed by atoms with E-state index in [9.17, 15) is 4.79 Å². The van der Waals surface area contributed by atoms with Crippen LogP contribution in [-0.2, 0) is 5.75 Å². The first kappa shape index (κ1) is 17.1. The minimum absolute atomic E-state index is 0.336. The number of nitrogens with zero attached hydrogens (tertiary/aromatic N) is 3. The summed E-state index contributed by atoms with van der Waals surface area (Å²) in [7, 11) is 0. The number of aromatic nitrogens is 4. The van der Waals surface area contributed by atoms with Gasteiger partial charge in [0.05, 0.1) is 6.20 Å². The van der Waals surface area contributed by atoms with Gasteiger partial charge in [0.25, 0.3) is 0 Å². The second-order valence-corrected chi connectivity index (χ2v) is 7.34. The van der Waals surface area contributed by atoms with E-state index in [-0.39, 0.29) is 5.69 Å². The highest BCUT2D eigenvalue weighted by Gasteiger charge is 2.12. The van der Waals surface area contributed by atoms with Crippen molar-refractivity contribution >= 4 is 40.6 Å². The second-order valence-electron chi connectivity index (χ2n) is 5.53. The summed E-state index contributed by atoms with van der Waals surface area (Å²) in [5.74, 6) is 0.600. The lowest BCUT2D eigenvalue weighted by molar-refractivity contribution is 0.786. The number of aromatic amines is 1. The molecule has 2 heterocycles. The first-order valence-electron chi connectivity index (χ1n) is 7.72. The Bertz CT molecular complexity index is 1140. The van der Waals surface area contributed by atoms with E-state index in [4.69, 9.17) is 23.2 Å². The van der Waals surface area contributed by atoms with Crippen LogP contribution in [-0.4, -0.2) is 19.6 Å². The average Bonchev–Trinajstić information content (AvgIpc) is 3.06. The Morgan fingerprint density at radius 3 is 2.62 bits per heavy atom. The van der Waals surface area contributed by atoms with Gasteiger partial charge in [-0.05, 0) is 29.3 Å². The lowest BCUT2D eigenvalue weighted by Crippen LogP contribution is -2.19. The predicted octanol–water partition coefficient (Wildman–Crippen LogP) is 4.68. The quantitative estimate of drug-likeness (QED) is 0.503. The van der Waals surface area contributed by atoms with E-state index in [0.29, 0.717) is 26.6 Å². The van der Waals surface area contributed by atoms with Gasteiger partial charge >= 0.3 is 5.69 Å². The molecule has 0 aliphatic carbocycles. The van der Waals surface area contributed by atoms with Crippen LogP contribution in [0.5, 0.6) is 0 Å². The topological polar surface area (TPSA) is 63.0 Å². The summed E-state index contributed by atoms with van der Waals surface area (Å²) in [6.07, 6.45) is 1.63. The number of hydrogen-bond acceptors (Lipinski definition) is 4. The Hall–Kier alpha value is -2.28. The monoisotopic (exact) mass is 402 g/mol. The fraction of sp³-hybridized carbons (Fsp3) is 0.0556. The molecule has 0 saturated heterocycles. The van der Waals surface area contributed by atoms with Gasteiger partial charge in [-0.15, -0.1) is 0 Å². The van der Waals surface area contributed by atoms with Crippen LogP contribution in [0, 0.1) is 0 Å². The Labute approximate surface area is 163 Å². The largest absolute Gasteiger partial charge is 0.350 e. The van der Waals surface area contributed by atoms with Gasteiger partial charge in [-0.1, -0.05) is 65.3 Å². The molecule has 4 aromatic rings. The third-order valence-corrected chi connectivity index (χ3v) is 5.38. The van der Waals surface area contributed by atoms with Crippen LogP contribution in [0.15, 0.2) is 64.7 Å². The van der Waals surface area contributed by atoms with Gasteiger partial charge in [-0.25, -0.2) is 9.78 Å². The number of nitrogens with one attached hydrogen (secondary N) is 1. The van der Waals surface area contributed by atoms with Crippen molar-refractivity contribution in [3.63, 3.8) is 0 Å². The van der Waals surface area contributed by atoms with Crippen molar-refractivity contribution in [1.82, 2.24) is 19.6 Å². The normalized spacial score (nSPS) is 11.2. The van der Waals surface area contributed by atoms with Gasteiger partial charge < -0.3 is 0 Å². The molecule has 0 saturated carbocycles. The van der Waals surface area contributed by atoms with Crippen molar-refractivity contribution in [3.8, 4) is 11.1 Å². The number of benzene rings is 2. The summed E-state index contributed by atoms with van der Waals surface area (Å²) in [5.41, 5.74) is 2.81. The van der Waals surface area contributed by atoms with E-state index in [1.165, 1.54) is 16.3 Å². The van der Waals surface area contributed by atoms with Gasteiger partial charge in [0.15, 0.2) is 10.8 Å². The van der Waals surface area contributed by atoms with Crippen LogP contribution in [0.1, 0.15) is 5.56 Å². The maximum Gasteiger partial charge on any atom is 0.350 e. The summed E-state index contributed by atoms with van der Waals surface area (Å²) in [6, 6.07) is 14.9. The van der Waals surface area contributed by atoms with Crippen LogP contribution in [0.2, 0.25) is 10.0 Å². The van der Waals surface area contributed by atoms with Crippen molar-refractivity contribution in [2.24, 2.45) is 0 Å². The zero-order valence-electron chi connectivity index (χ0n) is 13.3. The number of H-pyrrole nitrogens is 1. The summed E-state index contributed by atoms with van der Waals surface area (Å²) >= 11 is 13.5. The minimum atomic E-state index is -0.336. The Morgan fingerprint density at radius 1 is 1.08 bits per heavy atom. The molecule has 0 fully saturated rings. The molecule has 26 heavy (non-hydrogen) atoms. The third kappa shape index (κ3) is 3.35. The van der Waals surface area contributed by atoms with Crippen molar-refractivity contribution in [1.29, 1.82) is 0 Å². The van der Waals surface area contributed by atoms with E-state index < -0.39 is 0 Å². The van der Waals surface area contributed by atoms with Crippen molar-refractivity contribution < 1.29 is 0 Å². The van der Waals surface area contributed by atoms with Gasteiger partial charge in [-0.2, -0.15) is 9.61 Å². The van der Waals surface area contributed by atoms with Crippen LogP contribution in [0.25, 0.3) is 16.8 Å². The highest BCUT2D eigenvalue weighted by atomic mass is 35.5. The highest BCUT2D eigenvalue weighted by Crippen LogP contribution is 2.27. The third-order valence-electron chi connectivity index (χ3n) is 3.83. The number of rotatable bonds is 4. The maximum absolute atomic E-state index is 12.3. The zero-order chi connectivity index (χ0) is 18.1. The molecule has 130 valence electrons. The van der Waals surface area contributed by atoms with Crippen LogP contribution in [0.3, 0.4) is 0 Å². The zero-order valence-corrected chi connectivity index (χ0v) is 15.6. The summed E-state index contributed by atoms with van der Waals surface area (Å²) in [6.45, 7) is 0. The maximum atomic E-state index is 12.3. The molecule has 8 heteroatoms. The molecule has 1 N–H and O–H groups in total. The SMILES string of the molecule is O=c1[nH]c(SCc2ccccc2Cl)nc2c(-c3ccc(Cl)cc3)cnn12. The van der Waals surface area contributed by atoms with Crippen LogP contribution < -0.4 is 5.69 Å². The smallest absolute Gasteiger partial charge is 0.285 e. The van der Waals surface area contributed by atoms with Crippen LogP contribution >= 0.6 is 35.0 Å². The van der Waals surface area contributed by atoms with Gasteiger partial charge in [0.2, 0.25) is 0 Å². The van der Waals surface area contributed by atoms with Gasteiger partial charge in [0.1, 0.15) is 0 Å². The van der Waals surface area contributed by atoms with Gasteiger partial charge in [0, 0.05) is 21.4 Å². The first-order chi connectivity index (χ1) is 12.6. The molecule has 0 unspecified atom stereocenters. The predicted molar refractivity (Wildman–Crippen MR) is 105 cm³/mol. The number of thioether (sulfide) groups is 1. The number of fused-ring (bicyclic) bond motifs is 1. The molecular weight excluding hydrogens is 391 g/mol. The fourth-order valence-corrected chi connectivity index (χ4v) is 3.79. The van der Waals surface area contributed by atoms with E-state index in [1.54, 1.807) is 18.3 Å². The standard InChI is InChI=1S/C18H12Cl2N4OS/c19-13-7-5-11(6-8-13)14-9-21-24-16(14)22-17(23-18(24)25)26-10-12-3-1-2-4-15(12)20/h1-9H,10H2,(H,22,23,25). The molecule has 0 aliphatic heterocycles. The van der Waals surface area contributed by atoms with E-state index in [0.717, 1.165) is 16.7 Å². The molecule has 0 radical (unpaired) electrons. The molecule has 2 aromatic heterocycles.